The van der Waals surface area contributed by atoms with E-state index in [1.165, 1.54) is 22.3 Å². The van der Waals surface area contributed by atoms with Crippen LogP contribution in [-0.2, 0) is 32.5 Å². The average Bonchev–Trinajstić information content (AvgIpc) is 3.25. The van der Waals surface area contributed by atoms with Gasteiger partial charge in [0.05, 0.1) is 0 Å². The van der Waals surface area contributed by atoms with Gasteiger partial charge >= 0.3 is 24.7 Å². The van der Waals surface area contributed by atoms with Gasteiger partial charge in [0.25, 0.3) is 0 Å². The van der Waals surface area contributed by atoms with Crippen LogP contribution in [0.15, 0.2) is 150 Å². The Labute approximate surface area is 429 Å². The Hall–Kier alpha value is -4.96. The first-order chi connectivity index (χ1) is 32.8. The second-order valence-corrected chi connectivity index (χ2v) is 29.0. The highest BCUT2D eigenvalue weighted by atomic mass is 31.3. The first kappa shape index (κ1) is 55.4. The van der Waals surface area contributed by atoms with Gasteiger partial charge in [-0.25, -0.2) is 9.05 Å². The summed E-state index contributed by atoms with van der Waals surface area (Å²) in [6, 6.07) is 48.6. The molecule has 0 aliphatic rings. The zero-order valence-electron chi connectivity index (χ0n) is 45.6. The van der Waals surface area contributed by atoms with Crippen LogP contribution in [0.5, 0.6) is 34.5 Å². The number of nitrogens with one attached hydrogen (secondary N) is 1. The molecule has 0 fully saturated rings. The maximum atomic E-state index is 7.26. The van der Waals surface area contributed by atoms with Crippen molar-refractivity contribution in [3.63, 3.8) is 0 Å². The first-order valence-electron chi connectivity index (χ1n) is 24.6. The van der Waals surface area contributed by atoms with Gasteiger partial charge in [-0.05, 0) is 144 Å². The number of hydrogen-bond acceptors (Lipinski definition) is 8. The normalized spacial score (nSPS) is 12.8. The molecule has 0 bridgehead atoms. The molecule has 8 nitrogen and oxygen atoms in total. The van der Waals surface area contributed by atoms with Gasteiger partial charge in [-0.15, -0.1) is 0 Å². The summed E-state index contributed by atoms with van der Waals surface area (Å²) in [6.07, 6.45) is 0. The fraction of sp³-hybridized carbons (Fsp3) is 0.400. The maximum Gasteiger partial charge on any atom is 0.715 e. The molecule has 6 aromatic rings. The molecule has 0 unspecified atom stereocenters. The van der Waals surface area contributed by atoms with E-state index in [2.05, 4.69) is 202 Å². The molecule has 1 N–H and O–H groups in total. The lowest BCUT2D eigenvalue weighted by molar-refractivity contribution is 0.438. The van der Waals surface area contributed by atoms with Gasteiger partial charge in [0.1, 0.15) is 11.5 Å². The molecule has 11 heteroatoms. The van der Waals surface area contributed by atoms with Crippen LogP contribution in [0.1, 0.15) is 158 Å². The van der Waals surface area contributed by atoms with Crippen molar-refractivity contribution in [2.45, 2.75) is 157 Å². The Bertz CT molecular complexity index is 2500. The van der Waals surface area contributed by atoms with Crippen LogP contribution in [0.2, 0.25) is 0 Å². The van der Waals surface area contributed by atoms with Crippen LogP contribution in [0.3, 0.4) is 0 Å². The largest absolute Gasteiger partial charge is 0.715 e. The summed E-state index contributed by atoms with van der Waals surface area (Å²) in [4.78, 5) is 3.68. The topological polar surface area (TPSA) is 79.8 Å². The summed E-state index contributed by atoms with van der Waals surface area (Å²) >= 11 is 0. The minimum absolute atomic E-state index is 0.0591. The smallest absolute Gasteiger partial charge is 0.425 e. The Kier molecular flexibility index (Phi) is 16.9. The Morgan fingerprint density at radius 2 is 0.535 bits per heavy atom. The van der Waals surface area contributed by atoms with E-state index in [0.717, 1.165) is 11.1 Å². The van der Waals surface area contributed by atoms with E-state index in [1.54, 1.807) is 0 Å². The van der Waals surface area contributed by atoms with E-state index in [9.17, 15) is 0 Å². The predicted octanol–water partition coefficient (Wildman–Crippen LogP) is 19.2. The quantitative estimate of drug-likeness (QED) is 0.103. The second-order valence-electron chi connectivity index (χ2n) is 24.4. The molecule has 0 saturated carbocycles. The zero-order chi connectivity index (χ0) is 52.2. The van der Waals surface area contributed by atoms with E-state index in [-0.39, 0.29) is 32.5 Å². The highest BCUT2D eigenvalue weighted by molar-refractivity contribution is 7.75. The molecule has 0 aliphatic heterocycles. The molecule has 0 atom stereocenters. The Morgan fingerprint density at radius 3 is 0.761 bits per heavy atom. The lowest BCUT2D eigenvalue weighted by Gasteiger charge is -2.24. The molecule has 0 aliphatic carbocycles. The molecular formula is C60H79N2O6P3+2. The van der Waals surface area contributed by atoms with Crippen molar-refractivity contribution >= 4 is 24.7 Å². The zero-order valence-corrected chi connectivity index (χ0v) is 48.3. The van der Waals surface area contributed by atoms with Gasteiger partial charge in [0.2, 0.25) is 4.52 Å². The second kappa shape index (κ2) is 21.6. The molecular weight excluding hydrogens is 938 g/mol. The third kappa shape index (κ3) is 16.0. The van der Waals surface area contributed by atoms with E-state index in [0.29, 0.717) is 34.5 Å². The van der Waals surface area contributed by atoms with Crippen molar-refractivity contribution in [3.05, 3.63) is 179 Å². The monoisotopic (exact) mass is 1020 g/mol. The molecule has 6 aromatic carbocycles. The van der Waals surface area contributed by atoms with Crippen molar-refractivity contribution in [3.8, 4) is 34.5 Å². The van der Waals surface area contributed by atoms with Gasteiger partial charge in [-0.1, -0.05) is 197 Å². The number of nitrogens with zero attached hydrogens (tertiary/aromatic N) is 1. The van der Waals surface area contributed by atoms with Crippen LogP contribution < -0.4 is 32.0 Å². The highest BCUT2D eigenvalue weighted by Gasteiger charge is 2.60. The van der Waals surface area contributed by atoms with Crippen molar-refractivity contribution in [1.29, 1.82) is 0 Å². The fourth-order valence-electron chi connectivity index (χ4n) is 7.18. The van der Waals surface area contributed by atoms with Crippen molar-refractivity contribution in [1.82, 2.24) is 4.86 Å². The number of hydrogen-bond donors (Lipinski definition) is 1. The summed E-state index contributed by atoms with van der Waals surface area (Å²) in [5.74, 6) is 3.39. The molecule has 378 valence electrons. The molecule has 0 saturated heterocycles. The molecule has 0 amide bonds. The van der Waals surface area contributed by atoms with Crippen LogP contribution in [0, 0.1) is 0 Å². The van der Waals surface area contributed by atoms with Crippen molar-refractivity contribution in [2.24, 2.45) is 4.52 Å². The highest BCUT2D eigenvalue weighted by Crippen LogP contribution is 2.67. The summed E-state index contributed by atoms with van der Waals surface area (Å²) < 4.78 is 47.6. The van der Waals surface area contributed by atoms with Crippen LogP contribution in [0.4, 0.5) is 0 Å². The first-order valence-corrected chi connectivity index (χ1v) is 28.5. The number of benzene rings is 6. The van der Waals surface area contributed by atoms with Crippen LogP contribution in [-0.4, -0.2) is 0 Å². The third-order valence-electron chi connectivity index (χ3n) is 11.9. The minimum Gasteiger partial charge on any atom is -0.425 e. The van der Waals surface area contributed by atoms with Crippen LogP contribution in [0.25, 0.3) is 0 Å². The van der Waals surface area contributed by atoms with Crippen molar-refractivity contribution in [2.75, 3.05) is 0 Å². The minimum atomic E-state index is -3.92. The van der Waals surface area contributed by atoms with Gasteiger partial charge in [0.15, 0.2) is 23.0 Å². The molecule has 0 heterocycles. The van der Waals surface area contributed by atoms with Gasteiger partial charge < -0.3 is 9.05 Å². The molecule has 0 aromatic heterocycles. The molecule has 0 spiro atoms. The number of rotatable bonds is 15. The van der Waals surface area contributed by atoms with Crippen LogP contribution >= 0.6 is 24.7 Å². The standard InChI is InChI=1S/C60H79N2O6P3/c1-55(2,3)43-19-31-49(32-20-43)63-69(64-50-33-21-44(22-34-50)56(4,5)6)61-71(67-53-39-27-47(28-40-53)59(13,14)15,68-54-41-29-48(30-42-54)60(16,17)18)62-70(65-51-35-23-45(24-36-51)57(7,8)9)66-52-37-25-46(26-38-52)58(10,11)12/h19-42,61H,1-18H3/q+2. The molecule has 71 heavy (non-hydrogen) atoms. The average molecular weight is 1020 g/mol. The summed E-state index contributed by atoms with van der Waals surface area (Å²) in [7, 11) is -8.31. The van der Waals surface area contributed by atoms with E-state index in [1.807, 2.05) is 72.8 Å². The van der Waals surface area contributed by atoms with Crippen molar-refractivity contribution < 1.29 is 27.1 Å². The van der Waals surface area contributed by atoms with E-state index < -0.39 is 24.7 Å². The SMILES string of the molecule is CC(C)(C)c1ccc(OP(N[P+](N=[P+](Oc2ccc(C(C)(C)C)cc2)Oc2ccc(C(C)(C)C)cc2)(Oc2ccc(C(C)(C)C)cc2)Oc2ccc(C(C)(C)C)cc2)Oc2ccc(C(C)(C)C)cc2)cc1. The summed E-state index contributed by atoms with van der Waals surface area (Å²) in [6.45, 7) is 39.4. The predicted molar refractivity (Wildman–Crippen MR) is 301 cm³/mol. The van der Waals surface area contributed by atoms with Gasteiger partial charge in [0, 0.05) is 0 Å². The van der Waals surface area contributed by atoms with E-state index in [4.69, 9.17) is 31.7 Å². The molecule has 6 rings (SSSR count). The van der Waals surface area contributed by atoms with E-state index >= 15 is 0 Å². The van der Waals surface area contributed by atoms with Gasteiger partial charge in [-0.3, -0.25) is 9.05 Å². The lowest BCUT2D eigenvalue weighted by Crippen LogP contribution is -2.23. The fourth-order valence-corrected chi connectivity index (χ4v) is 12.7. The Balaban J connectivity index is 1.60. The molecule has 0 radical (unpaired) electrons. The third-order valence-corrected chi connectivity index (χ3v) is 17.5. The maximum absolute atomic E-state index is 7.26. The summed E-state index contributed by atoms with van der Waals surface area (Å²) in [5.41, 5.74) is 6.55. The Morgan fingerprint density at radius 1 is 0.324 bits per heavy atom. The van der Waals surface area contributed by atoms with Gasteiger partial charge in [-0.2, -0.15) is 0 Å². The lowest BCUT2D eigenvalue weighted by atomic mass is 9.87. The summed E-state index contributed by atoms with van der Waals surface area (Å²) in [5, 5.41) is 0.